The molecule has 1 aromatic carbocycles. The minimum Gasteiger partial charge on any atom is -0.434 e. The largest absolute Gasteiger partial charge is 0.434 e. The minimum atomic E-state index is -0.664. The lowest BCUT2D eigenvalue weighted by Gasteiger charge is -2.07. The smallest absolute Gasteiger partial charge is 0.352 e. The summed E-state index contributed by atoms with van der Waals surface area (Å²) in [5, 5.41) is 11.0. The highest BCUT2D eigenvalue weighted by Crippen LogP contribution is 2.33. The average molecular weight is 343 g/mol. The third-order valence-electron chi connectivity index (χ3n) is 2.33. The van der Waals surface area contributed by atoms with Crippen molar-refractivity contribution >= 4 is 27.6 Å². The van der Waals surface area contributed by atoms with Gasteiger partial charge in [-0.1, -0.05) is 0 Å². The van der Waals surface area contributed by atoms with Crippen molar-refractivity contribution in [1.29, 1.82) is 0 Å². The van der Waals surface area contributed by atoms with Crippen LogP contribution in [0, 0.1) is 22.9 Å². The van der Waals surface area contributed by atoms with E-state index < -0.39 is 10.7 Å². The van der Waals surface area contributed by atoms with Crippen molar-refractivity contribution in [3.63, 3.8) is 0 Å². The molecule has 0 saturated heterocycles. The lowest BCUT2D eigenvalue weighted by molar-refractivity contribution is -0.386. The summed E-state index contributed by atoms with van der Waals surface area (Å²) in [6.45, 7) is 1.42. The normalized spacial score (nSPS) is 10.3. The summed E-state index contributed by atoms with van der Waals surface area (Å²) >= 11 is 2.99. The van der Waals surface area contributed by atoms with E-state index in [1.807, 2.05) is 0 Å². The summed E-state index contributed by atoms with van der Waals surface area (Å²) in [5.41, 5.74) is 5.13. The van der Waals surface area contributed by atoms with E-state index in [1.165, 1.54) is 19.1 Å². The van der Waals surface area contributed by atoms with Crippen LogP contribution < -0.4 is 10.5 Å². The van der Waals surface area contributed by atoms with Crippen molar-refractivity contribution < 1.29 is 14.1 Å². The van der Waals surface area contributed by atoms with E-state index in [0.717, 1.165) is 6.07 Å². The predicted octanol–water partition coefficient (Wildman–Crippen LogP) is 2.97. The fraction of sp³-hybridized carbons (Fsp3) is 0.0909. The van der Waals surface area contributed by atoms with E-state index in [9.17, 15) is 14.5 Å². The van der Waals surface area contributed by atoms with E-state index in [-0.39, 0.29) is 33.4 Å². The zero-order valence-corrected chi connectivity index (χ0v) is 11.7. The number of nitrogen functional groups attached to an aromatic ring is 1. The van der Waals surface area contributed by atoms with E-state index in [4.69, 9.17) is 10.5 Å². The van der Waals surface area contributed by atoms with Gasteiger partial charge in [0.25, 0.3) is 0 Å². The van der Waals surface area contributed by atoms with Gasteiger partial charge in [-0.25, -0.2) is 9.37 Å². The molecule has 0 saturated carbocycles. The van der Waals surface area contributed by atoms with Gasteiger partial charge in [0.1, 0.15) is 17.3 Å². The first kappa shape index (κ1) is 14.1. The average Bonchev–Trinajstić information content (AvgIpc) is 2.32. The van der Waals surface area contributed by atoms with E-state index in [2.05, 4.69) is 25.9 Å². The van der Waals surface area contributed by atoms with Gasteiger partial charge in [0.2, 0.25) is 5.95 Å². The Kier molecular flexibility index (Phi) is 3.79. The number of aromatic nitrogens is 2. The second kappa shape index (κ2) is 5.37. The molecule has 7 nitrogen and oxygen atoms in total. The Morgan fingerprint density at radius 3 is 2.75 bits per heavy atom. The molecule has 0 atom stereocenters. The maximum absolute atomic E-state index is 13.1. The fourth-order valence-electron chi connectivity index (χ4n) is 1.49. The maximum atomic E-state index is 13.1. The summed E-state index contributed by atoms with van der Waals surface area (Å²) < 4.78 is 18.6. The standard InChI is InChI=1S/C11H8BrFN4O3/c1-5-9(17(18)19)10(16-11(14)15-5)20-6-2-3-8(13)7(12)4-6/h2-4H,1H3,(H2,14,15,16). The molecule has 0 bridgehead atoms. The molecule has 1 heterocycles. The van der Waals surface area contributed by atoms with Crippen molar-refractivity contribution in [2.45, 2.75) is 6.92 Å². The van der Waals surface area contributed by atoms with Gasteiger partial charge in [-0.3, -0.25) is 10.1 Å². The van der Waals surface area contributed by atoms with Gasteiger partial charge in [-0.2, -0.15) is 4.98 Å². The van der Waals surface area contributed by atoms with Gasteiger partial charge in [-0.15, -0.1) is 0 Å². The Morgan fingerprint density at radius 2 is 2.15 bits per heavy atom. The number of nitrogens with two attached hydrogens (primary N) is 1. The number of nitro groups is 1. The molecule has 104 valence electrons. The summed E-state index contributed by atoms with van der Waals surface area (Å²) in [7, 11) is 0. The Hall–Kier alpha value is -2.29. The van der Waals surface area contributed by atoms with Crippen LogP contribution in [0.25, 0.3) is 0 Å². The number of hydrogen-bond acceptors (Lipinski definition) is 6. The molecule has 0 spiro atoms. The van der Waals surface area contributed by atoms with Crippen LogP contribution in [0.3, 0.4) is 0 Å². The van der Waals surface area contributed by atoms with Gasteiger partial charge in [0, 0.05) is 0 Å². The van der Waals surface area contributed by atoms with Crippen LogP contribution in [-0.4, -0.2) is 14.9 Å². The molecule has 2 N–H and O–H groups in total. The van der Waals surface area contributed by atoms with Gasteiger partial charge >= 0.3 is 11.6 Å². The summed E-state index contributed by atoms with van der Waals surface area (Å²) in [6, 6.07) is 3.80. The highest BCUT2D eigenvalue weighted by atomic mass is 79.9. The number of benzene rings is 1. The monoisotopic (exact) mass is 342 g/mol. The highest BCUT2D eigenvalue weighted by Gasteiger charge is 2.23. The van der Waals surface area contributed by atoms with Crippen molar-refractivity contribution in [2.24, 2.45) is 0 Å². The summed E-state index contributed by atoms with van der Waals surface area (Å²) in [6.07, 6.45) is 0. The first-order valence-electron chi connectivity index (χ1n) is 5.30. The molecule has 0 aliphatic carbocycles. The van der Waals surface area contributed by atoms with Crippen LogP contribution in [0.4, 0.5) is 16.0 Å². The minimum absolute atomic E-state index is 0.0821. The molecule has 2 aromatic rings. The predicted molar refractivity (Wildman–Crippen MR) is 72.0 cm³/mol. The topological polar surface area (TPSA) is 104 Å². The zero-order chi connectivity index (χ0) is 14.9. The SMILES string of the molecule is Cc1nc(N)nc(Oc2ccc(F)c(Br)c2)c1[N+](=O)[O-]. The first-order chi connectivity index (χ1) is 9.38. The molecule has 0 unspecified atom stereocenters. The van der Waals surface area contributed by atoms with Crippen molar-refractivity contribution in [3.8, 4) is 11.6 Å². The van der Waals surface area contributed by atoms with Crippen LogP contribution in [0.2, 0.25) is 0 Å². The first-order valence-corrected chi connectivity index (χ1v) is 6.09. The van der Waals surface area contributed by atoms with Crippen LogP contribution in [-0.2, 0) is 0 Å². The van der Waals surface area contributed by atoms with Crippen LogP contribution >= 0.6 is 15.9 Å². The summed E-state index contributed by atoms with van der Waals surface area (Å²) in [5.74, 6) is -0.744. The second-order valence-corrected chi connectivity index (χ2v) is 4.61. The number of aryl methyl sites for hydroxylation is 1. The van der Waals surface area contributed by atoms with E-state index >= 15 is 0 Å². The molecule has 0 radical (unpaired) electrons. The molecule has 20 heavy (non-hydrogen) atoms. The fourth-order valence-corrected chi connectivity index (χ4v) is 1.85. The zero-order valence-electron chi connectivity index (χ0n) is 10.1. The second-order valence-electron chi connectivity index (χ2n) is 3.76. The Bertz CT molecular complexity index is 696. The molecular weight excluding hydrogens is 335 g/mol. The van der Waals surface area contributed by atoms with Crippen molar-refractivity contribution in [2.75, 3.05) is 5.73 Å². The molecule has 0 fully saturated rings. The third-order valence-corrected chi connectivity index (χ3v) is 2.94. The maximum Gasteiger partial charge on any atom is 0.352 e. The molecular formula is C11H8BrFN4O3. The Balaban J connectivity index is 2.47. The van der Waals surface area contributed by atoms with Gasteiger partial charge in [0.05, 0.1) is 9.40 Å². The molecule has 9 heteroatoms. The number of ether oxygens (including phenoxy) is 1. The van der Waals surface area contributed by atoms with Crippen LogP contribution in [0.5, 0.6) is 11.6 Å². The molecule has 0 aliphatic heterocycles. The molecule has 2 rings (SSSR count). The number of anilines is 1. The molecule has 0 amide bonds. The van der Waals surface area contributed by atoms with Crippen LogP contribution in [0.15, 0.2) is 22.7 Å². The quantitative estimate of drug-likeness (QED) is 0.679. The lowest BCUT2D eigenvalue weighted by Crippen LogP contribution is -2.04. The number of hydrogen-bond donors (Lipinski definition) is 1. The summed E-state index contributed by atoms with van der Waals surface area (Å²) in [4.78, 5) is 17.7. The number of halogens is 2. The number of nitrogens with zero attached hydrogens (tertiary/aromatic N) is 3. The van der Waals surface area contributed by atoms with E-state index in [0.29, 0.717) is 0 Å². The lowest BCUT2D eigenvalue weighted by atomic mass is 10.3. The number of rotatable bonds is 3. The van der Waals surface area contributed by atoms with Crippen molar-refractivity contribution in [1.82, 2.24) is 9.97 Å². The van der Waals surface area contributed by atoms with Crippen molar-refractivity contribution in [3.05, 3.63) is 44.3 Å². The van der Waals surface area contributed by atoms with Gasteiger partial charge in [0.15, 0.2) is 0 Å². The van der Waals surface area contributed by atoms with Gasteiger partial charge in [-0.05, 0) is 41.1 Å². The Morgan fingerprint density at radius 1 is 1.45 bits per heavy atom. The van der Waals surface area contributed by atoms with Crippen LogP contribution in [0.1, 0.15) is 5.69 Å². The third kappa shape index (κ3) is 2.82. The molecule has 1 aromatic heterocycles. The highest BCUT2D eigenvalue weighted by molar-refractivity contribution is 9.10. The Labute approximate surface area is 120 Å². The molecule has 0 aliphatic rings. The van der Waals surface area contributed by atoms with Gasteiger partial charge < -0.3 is 10.5 Å². The van der Waals surface area contributed by atoms with E-state index in [1.54, 1.807) is 0 Å².